The quantitative estimate of drug-likeness (QED) is 0.643. The first-order chi connectivity index (χ1) is 7.05. The molecule has 0 aliphatic carbocycles. The van der Waals surface area contributed by atoms with Gasteiger partial charge in [0, 0.05) is 26.6 Å². The van der Waals surface area contributed by atoms with E-state index in [1.807, 2.05) is 0 Å². The van der Waals surface area contributed by atoms with Crippen molar-refractivity contribution < 1.29 is 14.3 Å². The van der Waals surface area contributed by atoms with Crippen molar-refractivity contribution in [3.63, 3.8) is 0 Å². The maximum atomic E-state index is 11.6. The second-order valence-corrected chi connectivity index (χ2v) is 3.98. The minimum Gasteiger partial charge on any atom is -0.469 e. The van der Waals surface area contributed by atoms with Crippen molar-refractivity contribution in [2.24, 2.45) is 11.1 Å². The van der Waals surface area contributed by atoms with Crippen molar-refractivity contribution in [1.82, 2.24) is 4.90 Å². The summed E-state index contributed by atoms with van der Waals surface area (Å²) >= 11 is 0. The number of methoxy groups -OCH3 is 1. The standard InChI is InChI=1S/C10H18N2O3/c1-8(13)12-5-3-10(7-11,4-6-12)9(14)15-2/h3-7,11H2,1-2H3. The molecule has 0 aromatic rings. The third-order valence-corrected chi connectivity index (χ3v) is 3.18. The van der Waals surface area contributed by atoms with Gasteiger partial charge < -0.3 is 15.4 Å². The van der Waals surface area contributed by atoms with E-state index in [0.717, 1.165) is 0 Å². The Hall–Kier alpha value is -1.10. The Bertz CT molecular complexity index is 257. The number of carbonyl (C=O) groups is 2. The van der Waals surface area contributed by atoms with Crippen LogP contribution < -0.4 is 5.73 Å². The van der Waals surface area contributed by atoms with E-state index < -0.39 is 5.41 Å². The predicted molar refractivity (Wildman–Crippen MR) is 55.0 cm³/mol. The fourth-order valence-corrected chi connectivity index (χ4v) is 1.96. The molecule has 0 unspecified atom stereocenters. The highest BCUT2D eigenvalue weighted by Gasteiger charge is 2.41. The Morgan fingerprint density at radius 3 is 2.27 bits per heavy atom. The normalized spacial score (nSPS) is 19.8. The molecule has 86 valence electrons. The summed E-state index contributed by atoms with van der Waals surface area (Å²) in [5.41, 5.74) is 5.05. The second kappa shape index (κ2) is 4.61. The molecule has 0 saturated carbocycles. The summed E-state index contributed by atoms with van der Waals surface area (Å²) < 4.78 is 4.76. The SMILES string of the molecule is COC(=O)C1(CN)CCN(C(C)=O)CC1. The fraction of sp³-hybridized carbons (Fsp3) is 0.800. The lowest BCUT2D eigenvalue weighted by molar-refractivity contribution is -0.156. The lowest BCUT2D eigenvalue weighted by Crippen LogP contribution is -2.49. The van der Waals surface area contributed by atoms with Crippen LogP contribution in [0.3, 0.4) is 0 Å². The summed E-state index contributed by atoms with van der Waals surface area (Å²) in [5, 5.41) is 0. The Kier molecular flexibility index (Phi) is 3.68. The van der Waals surface area contributed by atoms with Gasteiger partial charge in [0.1, 0.15) is 0 Å². The van der Waals surface area contributed by atoms with E-state index in [9.17, 15) is 9.59 Å². The zero-order chi connectivity index (χ0) is 11.5. The molecular weight excluding hydrogens is 196 g/mol. The van der Waals surface area contributed by atoms with Crippen LogP contribution in [0.25, 0.3) is 0 Å². The van der Waals surface area contributed by atoms with Crippen molar-refractivity contribution in [1.29, 1.82) is 0 Å². The molecule has 5 heteroatoms. The van der Waals surface area contributed by atoms with Crippen molar-refractivity contribution in [3.05, 3.63) is 0 Å². The molecule has 5 nitrogen and oxygen atoms in total. The Labute approximate surface area is 89.6 Å². The Morgan fingerprint density at radius 1 is 1.40 bits per heavy atom. The number of hydrogen-bond donors (Lipinski definition) is 1. The average Bonchev–Trinajstić information content (AvgIpc) is 2.27. The summed E-state index contributed by atoms with van der Waals surface area (Å²) in [4.78, 5) is 24.4. The summed E-state index contributed by atoms with van der Waals surface area (Å²) in [6.45, 7) is 2.99. The number of hydrogen-bond acceptors (Lipinski definition) is 4. The van der Waals surface area contributed by atoms with Crippen LogP contribution in [-0.2, 0) is 14.3 Å². The number of nitrogens with two attached hydrogens (primary N) is 1. The first-order valence-electron chi connectivity index (χ1n) is 5.10. The van der Waals surface area contributed by atoms with Crippen LogP contribution in [0.5, 0.6) is 0 Å². The van der Waals surface area contributed by atoms with E-state index >= 15 is 0 Å². The van der Waals surface area contributed by atoms with E-state index in [2.05, 4.69) is 0 Å². The lowest BCUT2D eigenvalue weighted by atomic mass is 9.78. The first kappa shape index (κ1) is 12.0. The largest absolute Gasteiger partial charge is 0.469 e. The van der Waals surface area contributed by atoms with E-state index in [0.29, 0.717) is 25.9 Å². The van der Waals surface area contributed by atoms with E-state index in [-0.39, 0.29) is 18.4 Å². The first-order valence-corrected chi connectivity index (χ1v) is 5.10. The molecule has 0 aromatic carbocycles. The van der Waals surface area contributed by atoms with Gasteiger partial charge >= 0.3 is 5.97 Å². The van der Waals surface area contributed by atoms with Gasteiger partial charge in [-0.1, -0.05) is 0 Å². The molecule has 0 radical (unpaired) electrons. The van der Waals surface area contributed by atoms with Crippen molar-refractivity contribution >= 4 is 11.9 Å². The summed E-state index contributed by atoms with van der Waals surface area (Å²) in [6.07, 6.45) is 1.19. The summed E-state index contributed by atoms with van der Waals surface area (Å²) in [6, 6.07) is 0. The maximum Gasteiger partial charge on any atom is 0.313 e. The molecule has 1 aliphatic heterocycles. The van der Waals surface area contributed by atoms with Crippen LogP contribution in [0.2, 0.25) is 0 Å². The van der Waals surface area contributed by atoms with Gasteiger partial charge in [-0.15, -0.1) is 0 Å². The van der Waals surface area contributed by atoms with Gasteiger partial charge in [0.05, 0.1) is 12.5 Å². The number of rotatable bonds is 2. The fourth-order valence-electron chi connectivity index (χ4n) is 1.96. The highest BCUT2D eigenvalue weighted by molar-refractivity contribution is 5.78. The number of piperidine rings is 1. The number of ether oxygens (including phenoxy) is 1. The second-order valence-electron chi connectivity index (χ2n) is 3.98. The van der Waals surface area contributed by atoms with Gasteiger partial charge in [-0.3, -0.25) is 9.59 Å². The Morgan fingerprint density at radius 2 is 1.93 bits per heavy atom. The van der Waals surface area contributed by atoms with Gasteiger partial charge in [0.2, 0.25) is 5.91 Å². The van der Waals surface area contributed by atoms with E-state index in [1.165, 1.54) is 14.0 Å². The van der Waals surface area contributed by atoms with Crippen molar-refractivity contribution in [2.45, 2.75) is 19.8 Å². The molecule has 0 bridgehead atoms. The molecule has 1 heterocycles. The third-order valence-electron chi connectivity index (χ3n) is 3.18. The van der Waals surface area contributed by atoms with Crippen LogP contribution >= 0.6 is 0 Å². The summed E-state index contributed by atoms with van der Waals surface area (Å²) in [5.74, 6) is -0.210. The smallest absolute Gasteiger partial charge is 0.313 e. The molecule has 1 rings (SSSR count). The number of amides is 1. The van der Waals surface area contributed by atoms with E-state index in [1.54, 1.807) is 4.90 Å². The molecule has 2 N–H and O–H groups in total. The predicted octanol–water partition coefficient (Wildman–Crippen LogP) is -0.253. The molecule has 1 amide bonds. The van der Waals surface area contributed by atoms with Gasteiger partial charge in [-0.05, 0) is 12.8 Å². The minimum absolute atomic E-state index is 0.0467. The molecule has 15 heavy (non-hydrogen) atoms. The minimum atomic E-state index is -0.583. The molecular formula is C10H18N2O3. The van der Waals surface area contributed by atoms with Crippen molar-refractivity contribution in [3.8, 4) is 0 Å². The number of nitrogens with zero attached hydrogens (tertiary/aromatic N) is 1. The molecule has 0 aromatic heterocycles. The lowest BCUT2D eigenvalue weighted by Gasteiger charge is -2.38. The number of esters is 1. The zero-order valence-corrected chi connectivity index (χ0v) is 9.28. The van der Waals surface area contributed by atoms with Crippen LogP contribution in [-0.4, -0.2) is 43.5 Å². The van der Waals surface area contributed by atoms with Gasteiger partial charge in [0.25, 0.3) is 0 Å². The van der Waals surface area contributed by atoms with Crippen LogP contribution in [0, 0.1) is 5.41 Å². The molecule has 0 spiro atoms. The zero-order valence-electron chi connectivity index (χ0n) is 9.28. The monoisotopic (exact) mass is 214 g/mol. The molecule has 1 fully saturated rings. The third kappa shape index (κ3) is 2.28. The van der Waals surface area contributed by atoms with Gasteiger partial charge in [-0.2, -0.15) is 0 Å². The topological polar surface area (TPSA) is 72.6 Å². The maximum absolute atomic E-state index is 11.6. The highest BCUT2D eigenvalue weighted by atomic mass is 16.5. The molecule has 1 saturated heterocycles. The Balaban J connectivity index is 2.66. The number of likely N-dealkylation sites (tertiary alicyclic amines) is 1. The summed E-state index contributed by atoms with van der Waals surface area (Å²) in [7, 11) is 1.37. The van der Waals surface area contributed by atoms with Gasteiger partial charge in [-0.25, -0.2) is 0 Å². The molecule has 1 aliphatic rings. The van der Waals surface area contributed by atoms with E-state index in [4.69, 9.17) is 10.5 Å². The van der Waals surface area contributed by atoms with Crippen LogP contribution in [0.15, 0.2) is 0 Å². The molecule has 0 atom stereocenters. The van der Waals surface area contributed by atoms with Crippen LogP contribution in [0.4, 0.5) is 0 Å². The highest BCUT2D eigenvalue weighted by Crippen LogP contribution is 2.31. The number of carbonyl (C=O) groups excluding carboxylic acids is 2. The van der Waals surface area contributed by atoms with Crippen LogP contribution in [0.1, 0.15) is 19.8 Å². The average molecular weight is 214 g/mol. The van der Waals surface area contributed by atoms with Crippen molar-refractivity contribution in [2.75, 3.05) is 26.7 Å². The van der Waals surface area contributed by atoms with Gasteiger partial charge in [0.15, 0.2) is 0 Å².